The van der Waals surface area contributed by atoms with Crippen molar-refractivity contribution >= 4 is 28.9 Å². The van der Waals surface area contributed by atoms with Gasteiger partial charge >= 0.3 is 12.1 Å². The Morgan fingerprint density at radius 1 is 1.21 bits per heavy atom. The fourth-order valence-electron chi connectivity index (χ4n) is 4.15. The van der Waals surface area contributed by atoms with Crippen LogP contribution in [-0.2, 0) is 6.18 Å². The Kier molecular flexibility index (Phi) is 6.30. The number of halogens is 4. The number of aromatic nitrogens is 5. The molecule has 13 heteroatoms. The summed E-state index contributed by atoms with van der Waals surface area (Å²) in [6.45, 7) is 3.00. The number of nitrogens with zero attached hydrogens (tertiary/aromatic N) is 5. The van der Waals surface area contributed by atoms with E-state index < -0.39 is 35.0 Å². The second kappa shape index (κ2) is 9.35. The number of pyridine rings is 2. The third kappa shape index (κ3) is 4.78. The number of fused-ring (bicyclic) bond motifs is 1. The predicted octanol–water partition coefficient (Wildman–Crippen LogP) is 5.28. The number of rotatable bonds is 6. The molecule has 0 radical (unpaired) electrons. The van der Waals surface area contributed by atoms with Crippen molar-refractivity contribution in [3.8, 4) is 11.3 Å². The van der Waals surface area contributed by atoms with Crippen molar-refractivity contribution in [1.29, 1.82) is 0 Å². The summed E-state index contributed by atoms with van der Waals surface area (Å²) in [5.41, 5.74) is -1.32. The van der Waals surface area contributed by atoms with Crippen LogP contribution < -0.4 is 10.9 Å². The van der Waals surface area contributed by atoms with E-state index >= 15 is 0 Å². The molecule has 0 aliphatic heterocycles. The van der Waals surface area contributed by atoms with E-state index in [1.165, 1.54) is 26.0 Å². The highest BCUT2D eigenvalue weighted by Gasteiger charge is 2.33. The quantitative estimate of drug-likeness (QED) is 0.315. The lowest BCUT2D eigenvalue weighted by Gasteiger charge is -2.21. The fourth-order valence-corrected chi connectivity index (χ4v) is 4.29. The monoisotopic (exact) mass is 544 g/mol. The molecule has 4 aromatic rings. The number of carboxylic acid groups (broad SMARTS) is 1. The maximum atomic E-state index is 13.8. The maximum absolute atomic E-state index is 13.8. The van der Waals surface area contributed by atoms with E-state index in [0.717, 1.165) is 23.3 Å². The minimum absolute atomic E-state index is 0.0139. The summed E-state index contributed by atoms with van der Waals surface area (Å²) in [6.07, 6.45) is 1.07. The summed E-state index contributed by atoms with van der Waals surface area (Å²) in [7, 11) is 0. The molecule has 0 aromatic carbocycles. The molecule has 2 N–H and O–H groups in total. The van der Waals surface area contributed by atoms with Crippen molar-refractivity contribution in [3.05, 3.63) is 80.5 Å². The number of hydrogen-bond acceptors (Lipinski definition) is 7. The second-order valence-corrected chi connectivity index (χ2v) is 9.46. The Morgan fingerprint density at radius 2 is 1.89 bits per heavy atom. The molecule has 1 aliphatic rings. The molecule has 0 amide bonds. The molecule has 4 aromatic heterocycles. The standard InChI is InChI=1S/C25H20ClF3N6O3/c1-11-19(14-8-30-21(31-9-14)13-3-4-13)34-22-16(7-15(25(27,28)29)10-35(22)23(11)36)12(2)32-17-5-6-18(26)33-20(17)24(37)38/h5-10,12-13,32H,3-4H2,1-2H3,(H,37,38)/t12-/m1/s1. The lowest BCUT2D eigenvalue weighted by molar-refractivity contribution is -0.137. The first-order valence-electron chi connectivity index (χ1n) is 11.6. The highest BCUT2D eigenvalue weighted by Crippen LogP contribution is 2.38. The zero-order chi connectivity index (χ0) is 27.4. The molecule has 0 spiro atoms. The Balaban J connectivity index is 1.68. The van der Waals surface area contributed by atoms with Crippen molar-refractivity contribution in [2.75, 3.05) is 5.32 Å². The van der Waals surface area contributed by atoms with E-state index in [-0.39, 0.29) is 33.3 Å². The number of nitrogens with one attached hydrogen (secondary N) is 1. The van der Waals surface area contributed by atoms with Gasteiger partial charge in [0, 0.05) is 41.2 Å². The van der Waals surface area contributed by atoms with Crippen LogP contribution in [0.2, 0.25) is 5.15 Å². The molecular weight excluding hydrogens is 525 g/mol. The van der Waals surface area contributed by atoms with Crippen molar-refractivity contribution < 1.29 is 23.1 Å². The van der Waals surface area contributed by atoms with Crippen LogP contribution in [0, 0.1) is 6.92 Å². The Hall–Kier alpha value is -4.06. The van der Waals surface area contributed by atoms with Gasteiger partial charge in [-0.05, 0) is 44.9 Å². The van der Waals surface area contributed by atoms with Gasteiger partial charge < -0.3 is 10.4 Å². The molecule has 1 fully saturated rings. The Bertz CT molecular complexity index is 1640. The third-order valence-electron chi connectivity index (χ3n) is 6.30. The number of carbonyl (C=O) groups is 1. The van der Waals surface area contributed by atoms with Gasteiger partial charge in [0.1, 0.15) is 16.6 Å². The van der Waals surface area contributed by atoms with Crippen LogP contribution in [0.25, 0.3) is 16.9 Å². The van der Waals surface area contributed by atoms with Gasteiger partial charge in [0.15, 0.2) is 5.69 Å². The predicted molar refractivity (Wildman–Crippen MR) is 132 cm³/mol. The van der Waals surface area contributed by atoms with Crippen LogP contribution in [0.15, 0.2) is 41.6 Å². The molecule has 0 bridgehead atoms. The van der Waals surface area contributed by atoms with Crippen molar-refractivity contribution in [2.45, 2.75) is 44.8 Å². The van der Waals surface area contributed by atoms with E-state index in [1.54, 1.807) is 12.4 Å². The average Bonchev–Trinajstić information content (AvgIpc) is 3.71. The van der Waals surface area contributed by atoms with Gasteiger partial charge in [-0.2, -0.15) is 13.2 Å². The number of aromatic carboxylic acids is 1. The first-order chi connectivity index (χ1) is 17.9. The molecule has 5 rings (SSSR count). The average molecular weight is 545 g/mol. The third-order valence-corrected chi connectivity index (χ3v) is 6.51. The summed E-state index contributed by atoms with van der Waals surface area (Å²) in [4.78, 5) is 42.0. The van der Waals surface area contributed by atoms with Gasteiger partial charge in [-0.15, -0.1) is 0 Å². The normalized spacial score (nSPS) is 14.5. The molecule has 0 saturated heterocycles. The SMILES string of the molecule is Cc1c(-c2cnc(C3CC3)nc2)nc2c([C@@H](C)Nc3ccc(Cl)nc3C(=O)O)cc(C(F)(F)F)cn2c1=O. The molecule has 1 saturated carbocycles. The van der Waals surface area contributed by atoms with E-state index in [2.05, 4.69) is 25.3 Å². The van der Waals surface area contributed by atoms with E-state index in [0.29, 0.717) is 23.5 Å². The fraction of sp³-hybridized carbons (Fsp3) is 0.280. The first-order valence-corrected chi connectivity index (χ1v) is 11.9. The zero-order valence-corrected chi connectivity index (χ0v) is 20.8. The summed E-state index contributed by atoms with van der Waals surface area (Å²) >= 11 is 5.82. The van der Waals surface area contributed by atoms with Crippen molar-refractivity contribution in [3.63, 3.8) is 0 Å². The smallest absolute Gasteiger partial charge is 0.417 e. The highest BCUT2D eigenvalue weighted by molar-refractivity contribution is 6.29. The minimum Gasteiger partial charge on any atom is -0.476 e. The van der Waals surface area contributed by atoms with E-state index in [4.69, 9.17) is 11.6 Å². The molecule has 196 valence electrons. The van der Waals surface area contributed by atoms with E-state index in [9.17, 15) is 27.9 Å². The molecule has 1 aliphatic carbocycles. The molecular formula is C25H20ClF3N6O3. The lowest BCUT2D eigenvalue weighted by Crippen LogP contribution is -2.24. The number of alkyl halides is 3. The van der Waals surface area contributed by atoms with Crippen LogP contribution in [0.4, 0.5) is 18.9 Å². The molecule has 0 unspecified atom stereocenters. The Labute approximate surface area is 218 Å². The van der Waals surface area contributed by atoms with E-state index in [1.807, 2.05) is 0 Å². The number of hydrogen-bond donors (Lipinski definition) is 2. The van der Waals surface area contributed by atoms with Crippen molar-refractivity contribution in [2.24, 2.45) is 0 Å². The second-order valence-electron chi connectivity index (χ2n) is 9.07. The largest absolute Gasteiger partial charge is 0.476 e. The number of carboxylic acids is 1. The van der Waals surface area contributed by atoms with Crippen LogP contribution in [0.1, 0.15) is 64.7 Å². The number of anilines is 1. The van der Waals surface area contributed by atoms with Gasteiger partial charge in [0.25, 0.3) is 5.56 Å². The van der Waals surface area contributed by atoms with Crippen LogP contribution in [-0.4, -0.2) is 35.4 Å². The summed E-state index contributed by atoms with van der Waals surface area (Å²) in [6, 6.07) is 2.67. The summed E-state index contributed by atoms with van der Waals surface area (Å²) in [5, 5.41) is 12.3. The summed E-state index contributed by atoms with van der Waals surface area (Å²) < 4.78 is 42.3. The molecule has 9 nitrogen and oxygen atoms in total. The molecule has 4 heterocycles. The van der Waals surface area contributed by atoms with Gasteiger partial charge in [-0.1, -0.05) is 11.6 Å². The minimum atomic E-state index is -4.75. The lowest BCUT2D eigenvalue weighted by atomic mass is 10.0. The highest BCUT2D eigenvalue weighted by atomic mass is 35.5. The van der Waals surface area contributed by atoms with Gasteiger partial charge in [-0.3, -0.25) is 9.20 Å². The topological polar surface area (TPSA) is 122 Å². The van der Waals surface area contributed by atoms with Gasteiger partial charge in [0.05, 0.1) is 23.0 Å². The van der Waals surface area contributed by atoms with Crippen LogP contribution >= 0.6 is 11.6 Å². The van der Waals surface area contributed by atoms with Gasteiger partial charge in [0.2, 0.25) is 0 Å². The van der Waals surface area contributed by atoms with Crippen LogP contribution in [0.3, 0.4) is 0 Å². The maximum Gasteiger partial charge on any atom is 0.417 e. The van der Waals surface area contributed by atoms with Gasteiger partial charge in [-0.25, -0.2) is 24.7 Å². The Morgan fingerprint density at radius 3 is 2.50 bits per heavy atom. The molecule has 38 heavy (non-hydrogen) atoms. The van der Waals surface area contributed by atoms with Crippen LogP contribution in [0.5, 0.6) is 0 Å². The van der Waals surface area contributed by atoms with Crippen molar-refractivity contribution in [1.82, 2.24) is 24.3 Å². The zero-order valence-electron chi connectivity index (χ0n) is 20.0. The molecule has 1 atom stereocenters. The first kappa shape index (κ1) is 25.6. The summed E-state index contributed by atoms with van der Waals surface area (Å²) in [5.74, 6) is -0.362.